The van der Waals surface area contributed by atoms with Gasteiger partial charge in [-0.15, -0.1) is 5.10 Å². The molecule has 6 nitrogen and oxygen atoms in total. The van der Waals surface area contributed by atoms with Gasteiger partial charge in [-0.1, -0.05) is 24.3 Å². The molecule has 1 unspecified atom stereocenters. The van der Waals surface area contributed by atoms with Crippen molar-refractivity contribution in [3.8, 4) is 6.07 Å². The molecule has 0 saturated carbocycles. The maximum atomic E-state index is 8.91. The van der Waals surface area contributed by atoms with Gasteiger partial charge in [0.25, 0.3) is 0 Å². The molecule has 1 fully saturated rings. The lowest BCUT2D eigenvalue weighted by molar-refractivity contribution is 0.494. The second kappa shape index (κ2) is 5.11. The Bertz CT molecular complexity index is 857. The first-order valence-electron chi connectivity index (χ1n) is 7.25. The predicted octanol–water partition coefficient (Wildman–Crippen LogP) is 2.15. The van der Waals surface area contributed by atoms with E-state index in [1.54, 1.807) is 12.4 Å². The Kier molecular flexibility index (Phi) is 2.97. The summed E-state index contributed by atoms with van der Waals surface area (Å²) in [6, 6.07) is 10.5. The molecule has 3 aromatic rings. The van der Waals surface area contributed by atoms with Crippen molar-refractivity contribution >= 4 is 16.6 Å². The largest absolute Gasteiger partial charge is 0.352 e. The number of aromatic nitrogens is 4. The van der Waals surface area contributed by atoms with Crippen LogP contribution in [0.5, 0.6) is 0 Å². The Hall–Kier alpha value is -2.94. The quantitative estimate of drug-likeness (QED) is 0.723. The van der Waals surface area contributed by atoms with Gasteiger partial charge in [0.15, 0.2) is 5.82 Å². The molecule has 2 aromatic heterocycles. The zero-order valence-corrected chi connectivity index (χ0v) is 11.9. The minimum absolute atomic E-state index is 0.267. The molecule has 3 heterocycles. The van der Waals surface area contributed by atoms with Crippen molar-refractivity contribution in [2.24, 2.45) is 0 Å². The molecule has 1 saturated heterocycles. The molecule has 0 amide bonds. The molecule has 1 aliphatic heterocycles. The van der Waals surface area contributed by atoms with Crippen molar-refractivity contribution in [1.29, 1.82) is 5.26 Å². The van der Waals surface area contributed by atoms with Crippen molar-refractivity contribution < 1.29 is 0 Å². The standard InChI is InChI=1S/C16H14N6/c17-7-12-8-19-22(10-12)14-5-6-21(11-14)16-15-4-2-1-3-13(15)9-18-20-16/h1-4,8-10,14H,5-6,11H2. The predicted molar refractivity (Wildman–Crippen MR) is 82.3 cm³/mol. The van der Waals surface area contributed by atoms with Crippen molar-refractivity contribution in [1.82, 2.24) is 20.0 Å². The molecule has 0 radical (unpaired) electrons. The van der Waals surface area contributed by atoms with Gasteiger partial charge in [-0.2, -0.15) is 15.5 Å². The zero-order valence-electron chi connectivity index (χ0n) is 11.9. The lowest BCUT2D eigenvalue weighted by Crippen LogP contribution is -2.22. The molecule has 108 valence electrons. The van der Waals surface area contributed by atoms with E-state index in [1.165, 1.54) is 0 Å². The van der Waals surface area contributed by atoms with Crippen LogP contribution in [0.25, 0.3) is 10.8 Å². The molecule has 6 heteroatoms. The molecule has 1 aliphatic rings. The van der Waals surface area contributed by atoms with Gasteiger partial charge in [0.1, 0.15) is 6.07 Å². The summed E-state index contributed by atoms with van der Waals surface area (Å²) in [6.07, 6.45) is 6.19. The van der Waals surface area contributed by atoms with Gasteiger partial charge in [0, 0.05) is 30.1 Å². The van der Waals surface area contributed by atoms with Gasteiger partial charge in [-0.3, -0.25) is 4.68 Å². The Morgan fingerprint density at radius 1 is 1.23 bits per heavy atom. The van der Waals surface area contributed by atoms with Gasteiger partial charge in [0.2, 0.25) is 0 Å². The van der Waals surface area contributed by atoms with E-state index in [2.05, 4.69) is 32.3 Å². The van der Waals surface area contributed by atoms with E-state index in [0.29, 0.717) is 5.56 Å². The maximum absolute atomic E-state index is 8.91. The van der Waals surface area contributed by atoms with E-state index < -0.39 is 0 Å². The molecule has 0 N–H and O–H groups in total. The van der Waals surface area contributed by atoms with Crippen LogP contribution in [0, 0.1) is 11.3 Å². The summed E-state index contributed by atoms with van der Waals surface area (Å²) in [4.78, 5) is 2.24. The van der Waals surface area contributed by atoms with Gasteiger partial charge in [-0.25, -0.2) is 0 Å². The van der Waals surface area contributed by atoms with Gasteiger partial charge >= 0.3 is 0 Å². The number of benzene rings is 1. The summed E-state index contributed by atoms with van der Waals surface area (Å²) in [5, 5.41) is 23.9. The third kappa shape index (κ3) is 2.07. The van der Waals surface area contributed by atoms with Gasteiger partial charge in [0.05, 0.1) is 24.0 Å². The third-order valence-corrected chi connectivity index (χ3v) is 4.12. The normalized spacial score (nSPS) is 17.8. The lowest BCUT2D eigenvalue weighted by Gasteiger charge is -2.18. The zero-order chi connectivity index (χ0) is 14.9. The number of rotatable bonds is 2. The topological polar surface area (TPSA) is 70.6 Å². The molecule has 22 heavy (non-hydrogen) atoms. The summed E-state index contributed by atoms with van der Waals surface area (Å²) in [7, 11) is 0. The third-order valence-electron chi connectivity index (χ3n) is 4.12. The molecule has 0 spiro atoms. The summed E-state index contributed by atoms with van der Waals surface area (Å²) >= 11 is 0. The minimum Gasteiger partial charge on any atom is -0.352 e. The van der Waals surface area contributed by atoms with Crippen LogP contribution in [0.1, 0.15) is 18.0 Å². The summed E-state index contributed by atoms with van der Waals surface area (Å²) in [6.45, 7) is 1.74. The van der Waals surface area contributed by atoms with E-state index in [4.69, 9.17) is 5.26 Å². The van der Waals surface area contributed by atoms with Crippen LogP contribution >= 0.6 is 0 Å². The van der Waals surface area contributed by atoms with Crippen molar-refractivity contribution in [3.63, 3.8) is 0 Å². The van der Waals surface area contributed by atoms with Crippen LogP contribution < -0.4 is 4.90 Å². The molecular weight excluding hydrogens is 276 g/mol. The van der Waals surface area contributed by atoms with Crippen LogP contribution in [-0.4, -0.2) is 33.1 Å². The summed E-state index contributed by atoms with van der Waals surface area (Å²) < 4.78 is 1.89. The highest BCUT2D eigenvalue weighted by Crippen LogP contribution is 2.29. The SMILES string of the molecule is N#Cc1cnn(C2CCN(c3nncc4ccccc34)C2)c1. The smallest absolute Gasteiger partial charge is 0.159 e. The second-order valence-corrected chi connectivity index (χ2v) is 5.46. The molecule has 1 aromatic carbocycles. The fraction of sp³-hybridized carbons (Fsp3) is 0.250. The molecule has 0 aliphatic carbocycles. The first-order valence-corrected chi connectivity index (χ1v) is 7.25. The first kappa shape index (κ1) is 12.8. The maximum Gasteiger partial charge on any atom is 0.159 e. The van der Waals surface area contributed by atoms with E-state index >= 15 is 0 Å². The molecule has 1 atom stereocenters. The minimum atomic E-state index is 0.267. The van der Waals surface area contributed by atoms with Crippen LogP contribution in [0.3, 0.4) is 0 Å². The first-order chi connectivity index (χ1) is 10.8. The van der Waals surface area contributed by atoms with Crippen LogP contribution in [0.4, 0.5) is 5.82 Å². The molecule has 4 rings (SSSR count). The monoisotopic (exact) mass is 290 g/mol. The van der Waals surface area contributed by atoms with Crippen LogP contribution in [0.15, 0.2) is 42.9 Å². The number of fused-ring (bicyclic) bond motifs is 1. The van der Waals surface area contributed by atoms with Crippen molar-refractivity contribution in [2.45, 2.75) is 12.5 Å². The fourth-order valence-corrected chi connectivity index (χ4v) is 2.99. The summed E-state index contributed by atoms with van der Waals surface area (Å²) in [5.74, 6) is 0.924. The Balaban J connectivity index is 1.63. The molecule has 0 bridgehead atoms. The Morgan fingerprint density at radius 2 is 2.14 bits per heavy atom. The molecular formula is C16H14N6. The second-order valence-electron chi connectivity index (χ2n) is 5.46. The van der Waals surface area contributed by atoms with Gasteiger partial charge < -0.3 is 4.90 Å². The van der Waals surface area contributed by atoms with E-state index in [9.17, 15) is 0 Å². The summed E-state index contributed by atoms with van der Waals surface area (Å²) in [5.41, 5.74) is 0.600. The van der Waals surface area contributed by atoms with Crippen molar-refractivity contribution in [3.05, 3.63) is 48.4 Å². The van der Waals surface area contributed by atoms with Crippen LogP contribution in [0.2, 0.25) is 0 Å². The Morgan fingerprint density at radius 3 is 3.00 bits per heavy atom. The number of nitriles is 1. The highest BCUT2D eigenvalue weighted by molar-refractivity contribution is 5.91. The van der Waals surface area contributed by atoms with E-state index in [1.807, 2.05) is 29.1 Å². The number of anilines is 1. The van der Waals surface area contributed by atoms with Gasteiger partial charge in [-0.05, 0) is 6.42 Å². The number of hydrogen-bond donors (Lipinski definition) is 0. The highest BCUT2D eigenvalue weighted by Gasteiger charge is 2.26. The highest BCUT2D eigenvalue weighted by atomic mass is 15.3. The average molecular weight is 290 g/mol. The Labute approximate surface area is 127 Å². The average Bonchev–Trinajstić information content (AvgIpc) is 3.23. The fourth-order valence-electron chi connectivity index (χ4n) is 2.99. The van der Waals surface area contributed by atoms with Crippen molar-refractivity contribution in [2.75, 3.05) is 18.0 Å². The van der Waals surface area contributed by atoms with E-state index in [-0.39, 0.29) is 6.04 Å². The lowest BCUT2D eigenvalue weighted by atomic mass is 10.2. The number of nitrogens with zero attached hydrogens (tertiary/aromatic N) is 6. The van der Waals surface area contributed by atoms with E-state index in [0.717, 1.165) is 36.1 Å². The van der Waals surface area contributed by atoms with Crippen LogP contribution in [-0.2, 0) is 0 Å². The number of hydrogen-bond acceptors (Lipinski definition) is 5.